The monoisotopic (exact) mass is 660 g/mol. The number of ether oxygens (including phenoxy) is 2. The number of carbonyl (C=O) groups excluding carboxylic acids is 5. The summed E-state index contributed by atoms with van der Waals surface area (Å²) < 4.78 is 10.4. The number of amides is 4. The van der Waals surface area contributed by atoms with Gasteiger partial charge in [0.1, 0.15) is 5.78 Å². The minimum absolute atomic E-state index is 0. The Morgan fingerprint density at radius 3 is 2.24 bits per heavy atom. The van der Waals surface area contributed by atoms with Crippen molar-refractivity contribution in [3.8, 4) is 0 Å². The molecule has 42 heavy (non-hydrogen) atoms. The summed E-state index contributed by atoms with van der Waals surface area (Å²) in [6, 6.07) is 7.23. The summed E-state index contributed by atoms with van der Waals surface area (Å²) in [6.07, 6.45) is 5.43. The molecule has 230 valence electrons. The largest absolute Gasteiger partial charge is 1.00 e. The molecule has 1 unspecified atom stereocenters. The zero-order chi connectivity index (χ0) is 30.3. The van der Waals surface area contributed by atoms with Crippen molar-refractivity contribution >= 4 is 29.6 Å². The van der Waals surface area contributed by atoms with Crippen molar-refractivity contribution in [3.63, 3.8) is 0 Å². The van der Waals surface area contributed by atoms with Crippen molar-refractivity contribution < 1.29 is 91.6 Å². The van der Waals surface area contributed by atoms with Crippen molar-refractivity contribution in [1.82, 2.24) is 16.0 Å². The Bertz CT molecular complexity index is 944. The maximum Gasteiger partial charge on any atom is 1.00 e. The third kappa shape index (κ3) is 20.3. The molecule has 0 aliphatic carbocycles. The number of Topliss-reactive ketones (excluding diaryl/α,β-unsaturated/α-hetero) is 1. The van der Waals surface area contributed by atoms with E-state index in [9.17, 15) is 24.0 Å². The molecule has 0 saturated heterocycles. The molecule has 1 aromatic rings. The van der Waals surface area contributed by atoms with Gasteiger partial charge in [0.15, 0.2) is 0 Å². The van der Waals surface area contributed by atoms with E-state index in [-0.39, 0.29) is 128 Å². The summed E-state index contributed by atoms with van der Waals surface area (Å²) >= 11 is 0. The Balaban J connectivity index is 0.0000168. The summed E-state index contributed by atoms with van der Waals surface area (Å²) in [5, 5.41) is 11.9. The predicted octanol–water partition coefficient (Wildman–Crippen LogP) is 0.584. The van der Waals surface area contributed by atoms with Crippen LogP contribution in [-0.4, -0.2) is 69.6 Å². The van der Waals surface area contributed by atoms with E-state index in [4.69, 9.17) is 9.47 Å². The number of benzene rings is 1. The van der Waals surface area contributed by atoms with Crippen LogP contribution in [0, 0.1) is 5.92 Å². The number of alkyl carbamates (subject to hydrolysis) is 1. The molecular weight excluding hydrogens is 614 g/mol. The van der Waals surface area contributed by atoms with Gasteiger partial charge in [-0.15, -0.1) is 6.54 Å². The molecule has 0 aliphatic rings. The van der Waals surface area contributed by atoms with E-state index in [1.807, 2.05) is 19.1 Å². The molecule has 0 aromatic heterocycles. The molecule has 4 amide bonds. The molecule has 0 bridgehead atoms. The topological polar surface area (TPSA) is 154 Å². The van der Waals surface area contributed by atoms with Crippen molar-refractivity contribution in [3.05, 3.63) is 40.7 Å². The summed E-state index contributed by atoms with van der Waals surface area (Å²) in [5.74, 6) is -0.237. The van der Waals surface area contributed by atoms with E-state index in [0.717, 1.165) is 43.2 Å². The standard InChI is InChI=1S/C30H48N4O7.Rb/c1-4-9-25(26(35)5-2)10-6-7-16-33-30(39)41-19-8-18-40-22-29(38)34-21-24-13-11-23(12-14-24)20-28(37)32-17-15-27(36)31-3;/h11-14,25H,4-10,15-22H2,1-3H3,(H4,31,32,33,34,36,37,38,39);/q;+1/p-1. The van der Waals surface area contributed by atoms with Gasteiger partial charge in [0.25, 0.3) is 0 Å². The maximum absolute atomic E-state index is 12.0. The fourth-order valence-electron chi connectivity index (χ4n) is 4.02. The minimum Gasteiger partial charge on any atom is -0.648 e. The Hall–Kier alpha value is -1.66. The van der Waals surface area contributed by atoms with Crippen LogP contribution in [0.4, 0.5) is 4.79 Å². The van der Waals surface area contributed by atoms with Gasteiger partial charge in [-0.25, -0.2) is 4.79 Å². The van der Waals surface area contributed by atoms with Gasteiger partial charge in [0, 0.05) is 45.3 Å². The molecule has 1 atom stereocenters. The van der Waals surface area contributed by atoms with Crippen LogP contribution in [0.1, 0.15) is 76.3 Å². The summed E-state index contributed by atoms with van der Waals surface area (Å²) in [4.78, 5) is 58.8. The van der Waals surface area contributed by atoms with Crippen molar-refractivity contribution in [2.45, 2.75) is 78.2 Å². The van der Waals surface area contributed by atoms with E-state index < -0.39 is 6.09 Å². The van der Waals surface area contributed by atoms with Gasteiger partial charge in [-0.05, 0) is 24.8 Å². The first-order valence-corrected chi connectivity index (χ1v) is 14.5. The first-order chi connectivity index (χ1) is 19.8. The van der Waals surface area contributed by atoms with Crippen LogP contribution in [0.5, 0.6) is 0 Å². The number of nitrogens with zero attached hydrogens (tertiary/aromatic N) is 1. The van der Waals surface area contributed by atoms with Gasteiger partial charge in [-0.2, -0.15) is 0 Å². The number of hydrogen-bond donors (Lipinski definition) is 3. The Morgan fingerprint density at radius 2 is 1.57 bits per heavy atom. The van der Waals surface area contributed by atoms with Gasteiger partial charge in [0.2, 0.25) is 11.8 Å². The number of carbonyl (C=O) groups is 5. The quantitative estimate of drug-likeness (QED) is 0.154. The van der Waals surface area contributed by atoms with Gasteiger partial charge >= 0.3 is 64.3 Å². The van der Waals surface area contributed by atoms with Crippen LogP contribution in [-0.2, 0) is 41.6 Å². The second-order valence-electron chi connectivity index (χ2n) is 9.75. The molecule has 0 heterocycles. The van der Waals surface area contributed by atoms with Crippen LogP contribution >= 0.6 is 0 Å². The first-order valence-electron chi connectivity index (χ1n) is 14.5. The molecule has 11 nitrogen and oxygen atoms in total. The molecule has 0 radical (unpaired) electrons. The van der Waals surface area contributed by atoms with Crippen molar-refractivity contribution in [1.29, 1.82) is 0 Å². The normalized spacial score (nSPS) is 11.0. The average molecular weight is 661 g/mol. The van der Waals surface area contributed by atoms with Crippen LogP contribution in [0.3, 0.4) is 0 Å². The number of ketones is 1. The number of hydrogen-bond acceptors (Lipinski definition) is 7. The third-order valence-corrected chi connectivity index (χ3v) is 6.36. The summed E-state index contributed by atoms with van der Waals surface area (Å²) in [5.41, 5.74) is 1.65. The average Bonchev–Trinajstić information content (AvgIpc) is 2.97. The summed E-state index contributed by atoms with van der Waals surface area (Å²) in [7, 11) is 1.55. The Kier molecular flexibility index (Phi) is 24.8. The van der Waals surface area contributed by atoms with Gasteiger partial charge in [-0.1, -0.05) is 56.5 Å². The molecular formula is C30H47N4O7Rb. The van der Waals surface area contributed by atoms with E-state index in [1.54, 1.807) is 19.2 Å². The number of unbranched alkanes of at least 4 members (excludes halogenated alkanes) is 1. The minimum atomic E-state index is -0.488. The molecule has 0 aliphatic heterocycles. The first kappa shape index (κ1) is 40.3. The predicted molar refractivity (Wildman–Crippen MR) is 156 cm³/mol. The van der Waals surface area contributed by atoms with E-state index >= 15 is 0 Å². The molecule has 1 aromatic carbocycles. The van der Waals surface area contributed by atoms with Gasteiger partial charge < -0.3 is 35.5 Å². The van der Waals surface area contributed by atoms with Crippen LogP contribution in [0.15, 0.2) is 24.3 Å². The van der Waals surface area contributed by atoms with Crippen LogP contribution < -0.4 is 74.1 Å². The van der Waals surface area contributed by atoms with E-state index in [0.29, 0.717) is 25.2 Å². The van der Waals surface area contributed by atoms with Gasteiger partial charge in [0.05, 0.1) is 32.1 Å². The zero-order valence-electron chi connectivity index (χ0n) is 25.8. The second kappa shape index (κ2) is 25.8. The zero-order valence-corrected chi connectivity index (χ0v) is 30.7. The number of nitrogens with one attached hydrogen (secondary N) is 3. The molecule has 1 rings (SSSR count). The Morgan fingerprint density at radius 1 is 0.857 bits per heavy atom. The Labute approximate surface area is 299 Å². The van der Waals surface area contributed by atoms with Gasteiger partial charge in [-0.3, -0.25) is 14.4 Å². The number of rotatable bonds is 22. The maximum atomic E-state index is 12.0. The van der Waals surface area contributed by atoms with E-state index in [1.165, 1.54) is 0 Å². The van der Waals surface area contributed by atoms with Crippen molar-refractivity contribution in [2.75, 3.05) is 40.0 Å². The molecule has 3 N–H and O–H groups in total. The fraction of sp³-hybridized carbons (Fsp3) is 0.633. The van der Waals surface area contributed by atoms with E-state index in [2.05, 4.69) is 28.2 Å². The molecule has 0 spiro atoms. The molecule has 12 heteroatoms. The summed E-state index contributed by atoms with van der Waals surface area (Å²) in [6.45, 7) is 5.27. The van der Waals surface area contributed by atoms with Crippen molar-refractivity contribution in [2.24, 2.45) is 5.92 Å². The van der Waals surface area contributed by atoms with Crippen LogP contribution in [0.2, 0.25) is 0 Å². The molecule has 0 saturated carbocycles. The second-order valence-corrected chi connectivity index (χ2v) is 9.75. The molecule has 0 fully saturated rings. The van der Waals surface area contributed by atoms with Crippen LogP contribution in [0.25, 0.3) is 5.32 Å². The SMILES string of the molecule is CCCC(CCCCNC(=O)OCCCOCC(=O)[N-]Cc1ccc(CC(=O)NCCC(=O)NC)cc1)C(=O)CC.[Rb+]. The third-order valence-electron chi connectivity index (χ3n) is 6.36. The smallest absolute Gasteiger partial charge is 0.648 e. The fourth-order valence-corrected chi connectivity index (χ4v) is 4.02.